The second kappa shape index (κ2) is 8.64. The molecular formula is C17H30O6. The van der Waals surface area contributed by atoms with E-state index in [2.05, 4.69) is 0 Å². The first-order valence-corrected chi connectivity index (χ1v) is 8.23. The molecule has 0 heterocycles. The molecule has 23 heavy (non-hydrogen) atoms. The second-order valence-electron chi connectivity index (χ2n) is 7.29. The Balaban J connectivity index is 2.76. The molecule has 0 spiro atoms. The SMILES string of the molecule is COCCOC[C@H](CC1(C(=O)O)CCCC1)C(=O)OC(C)(C)C. The smallest absolute Gasteiger partial charge is 0.311 e. The summed E-state index contributed by atoms with van der Waals surface area (Å²) in [5, 5.41) is 9.62. The normalized spacial score (nSPS) is 18.6. The van der Waals surface area contributed by atoms with Gasteiger partial charge in [-0.25, -0.2) is 0 Å². The average molecular weight is 330 g/mol. The van der Waals surface area contributed by atoms with E-state index in [1.54, 1.807) is 27.9 Å². The third kappa shape index (κ3) is 6.47. The summed E-state index contributed by atoms with van der Waals surface area (Å²) in [5.74, 6) is -1.77. The van der Waals surface area contributed by atoms with Gasteiger partial charge in [0, 0.05) is 7.11 Å². The lowest BCUT2D eigenvalue weighted by Gasteiger charge is -2.30. The van der Waals surface area contributed by atoms with Gasteiger partial charge in [-0.2, -0.15) is 0 Å². The lowest BCUT2D eigenvalue weighted by atomic mass is 9.78. The van der Waals surface area contributed by atoms with Crippen molar-refractivity contribution in [1.82, 2.24) is 0 Å². The molecule has 0 amide bonds. The molecule has 1 fully saturated rings. The molecule has 1 N–H and O–H groups in total. The van der Waals surface area contributed by atoms with Crippen molar-refractivity contribution in [2.24, 2.45) is 11.3 Å². The number of carbonyl (C=O) groups is 2. The van der Waals surface area contributed by atoms with Gasteiger partial charge in [-0.3, -0.25) is 9.59 Å². The highest BCUT2D eigenvalue weighted by Crippen LogP contribution is 2.43. The lowest BCUT2D eigenvalue weighted by Crippen LogP contribution is -2.37. The predicted molar refractivity (Wildman–Crippen MR) is 85.2 cm³/mol. The predicted octanol–water partition coefficient (Wildman–Crippen LogP) is 2.64. The van der Waals surface area contributed by atoms with Crippen molar-refractivity contribution in [3.63, 3.8) is 0 Å². The van der Waals surface area contributed by atoms with Crippen LogP contribution in [0.25, 0.3) is 0 Å². The van der Waals surface area contributed by atoms with E-state index in [9.17, 15) is 14.7 Å². The molecule has 0 aromatic rings. The summed E-state index contributed by atoms with van der Waals surface area (Å²) in [5.41, 5.74) is -1.43. The van der Waals surface area contributed by atoms with Crippen LogP contribution in [0.2, 0.25) is 0 Å². The van der Waals surface area contributed by atoms with Gasteiger partial charge < -0.3 is 19.3 Å². The molecule has 0 aromatic heterocycles. The number of carboxylic acids is 1. The molecule has 1 rings (SSSR count). The van der Waals surface area contributed by atoms with E-state index in [0.29, 0.717) is 26.1 Å². The monoisotopic (exact) mass is 330 g/mol. The Kier molecular flexibility index (Phi) is 7.48. The molecule has 0 saturated heterocycles. The van der Waals surface area contributed by atoms with E-state index < -0.39 is 22.9 Å². The summed E-state index contributed by atoms with van der Waals surface area (Å²) in [6.45, 7) is 6.37. The number of esters is 1. The molecule has 6 nitrogen and oxygen atoms in total. The highest BCUT2D eigenvalue weighted by Gasteiger charge is 2.45. The molecule has 1 aliphatic rings. The summed E-state index contributed by atoms with van der Waals surface area (Å²) < 4.78 is 15.9. The quantitative estimate of drug-likeness (QED) is 0.517. The van der Waals surface area contributed by atoms with Crippen LogP contribution < -0.4 is 0 Å². The van der Waals surface area contributed by atoms with Gasteiger partial charge in [-0.05, 0) is 40.0 Å². The van der Waals surface area contributed by atoms with E-state index in [0.717, 1.165) is 12.8 Å². The van der Waals surface area contributed by atoms with Crippen LogP contribution in [0.1, 0.15) is 52.9 Å². The van der Waals surface area contributed by atoms with E-state index in [-0.39, 0.29) is 19.0 Å². The molecule has 1 aliphatic carbocycles. The molecule has 134 valence electrons. The Labute approximate surface area is 138 Å². The third-order valence-corrected chi connectivity index (χ3v) is 4.14. The first kappa shape index (κ1) is 19.9. The van der Waals surface area contributed by atoms with Gasteiger partial charge in [0.15, 0.2) is 0 Å². The largest absolute Gasteiger partial charge is 0.481 e. The number of carbonyl (C=O) groups excluding carboxylic acids is 1. The fourth-order valence-corrected chi connectivity index (χ4v) is 2.99. The Morgan fingerprint density at radius 2 is 1.78 bits per heavy atom. The summed E-state index contributed by atoms with van der Waals surface area (Å²) in [4.78, 5) is 24.2. The molecule has 1 saturated carbocycles. The van der Waals surface area contributed by atoms with Gasteiger partial charge in [-0.1, -0.05) is 12.8 Å². The number of methoxy groups -OCH3 is 1. The summed E-state index contributed by atoms with van der Waals surface area (Å²) >= 11 is 0. The average Bonchev–Trinajstić information content (AvgIpc) is 2.90. The maximum Gasteiger partial charge on any atom is 0.311 e. The van der Waals surface area contributed by atoms with Gasteiger partial charge >= 0.3 is 11.9 Å². The Bertz CT molecular complexity index is 392. The van der Waals surface area contributed by atoms with Gasteiger partial charge in [0.25, 0.3) is 0 Å². The van der Waals surface area contributed by atoms with Gasteiger partial charge in [0.05, 0.1) is 31.2 Å². The van der Waals surface area contributed by atoms with Crippen molar-refractivity contribution in [3.8, 4) is 0 Å². The van der Waals surface area contributed by atoms with Crippen LogP contribution >= 0.6 is 0 Å². The first-order valence-electron chi connectivity index (χ1n) is 8.23. The van der Waals surface area contributed by atoms with Crippen molar-refractivity contribution in [1.29, 1.82) is 0 Å². The number of hydrogen-bond acceptors (Lipinski definition) is 5. The summed E-state index contributed by atoms with van der Waals surface area (Å²) in [7, 11) is 1.58. The van der Waals surface area contributed by atoms with Crippen molar-refractivity contribution in [2.75, 3.05) is 26.9 Å². The van der Waals surface area contributed by atoms with E-state index in [1.807, 2.05) is 0 Å². The van der Waals surface area contributed by atoms with Gasteiger partial charge in [0.2, 0.25) is 0 Å². The Morgan fingerprint density at radius 1 is 1.17 bits per heavy atom. The Morgan fingerprint density at radius 3 is 2.26 bits per heavy atom. The Hall–Kier alpha value is -1.14. The molecule has 6 heteroatoms. The van der Waals surface area contributed by atoms with Crippen LogP contribution in [0.4, 0.5) is 0 Å². The van der Waals surface area contributed by atoms with Crippen LogP contribution in [0.15, 0.2) is 0 Å². The lowest BCUT2D eigenvalue weighted by molar-refractivity contribution is -0.165. The van der Waals surface area contributed by atoms with Crippen molar-refractivity contribution in [3.05, 3.63) is 0 Å². The second-order valence-corrected chi connectivity index (χ2v) is 7.29. The molecule has 0 bridgehead atoms. The van der Waals surface area contributed by atoms with E-state index >= 15 is 0 Å². The minimum Gasteiger partial charge on any atom is -0.481 e. The zero-order valence-corrected chi connectivity index (χ0v) is 14.7. The minimum absolute atomic E-state index is 0.160. The van der Waals surface area contributed by atoms with Crippen molar-refractivity contribution < 1.29 is 28.9 Å². The zero-order valence-electron chi connectivity index (χ0n) is 14.7. The van der Waals surface area contributed by atoms with Crippen molar-refractivity contribution in [2.45, 2.75) is 58.5 Å². The maximum absolute atomic E-state index is 12.4. The zero-order chi connectivity index (χ0) is 17.5. The fourth-order valence-electron chi connectivity index (χ4n) is 2.99. The first-order chi connectivity index (χ1) is 10.7. The third-order valence-electron chi connectivity index (χ3n) is 4.14. The highest BCUT2D eigenvalue weighted by molar-refractivity contribution is 5.78. The molecular weight excluding hydrogens is 300 g/mol. The topological polar surface area (TPSA) is 82.1 Å². The molecule has 0 unspecified atom stereocenters. The number of rotatable bonds is 9. The van der Waals surface area contributed by atoms with Crippen molar-refractivity contribution >= 4 is 11.9 Å². The number of aliphatic carboxylic acids is 1. The summed E-state index contributed by atoms with van der Waals surface area (Å²) in [6.07, 6.45) is 3.26. The summed E-state index contributed by atoms with van der Waals surface area (Å²) in [6, 6.07) is 0. The van der Waals surface area contributed by atoms with Crippen LogP contribution in [-0.2, 0) is 23.8 Å². The number of ether oxygens (including phenoxy) is 3. The van der Waals surface area contributed by atoms with Crippen LogP contribution in [-0.4, -0.2) is 49.6 Å². The highest BCUT2D eigenvalue weighted by atomic mass is 16.6. The maximum atomic E-state index is 12.4. The standard InChI is InChI=1S/C17H30O6/c1-16(2,3)23-14(18)13(12-22-10-9-21-4)11-17(15(19)20)7-5-6-8-17/h13H,5-12H2,1-4H3,(H,19,20)/t13-/m0/s1. The number of hydrogen-bond donors (Lipinski definition) is 1. The minimum atomic E-state index is -0.827. The molecule has 0 radical (unpaired) electrons. The van der Waals surface area contributed by atoms with Crippen LogP contribution in [0.3, 0.4) is 0 Å². The van der Waals surface area contributed by atoms with Gasteiger partial charge in [-0.15, -0.1) is 0 Å². The molecule has 0 aliphatic heterocycles. The fraction of sp³-hybridized carbons (Fsp3) is 0.882. The van der Waals surface area contributed by atoms with Crippen LogP contribution in [0, 0.1) is 11.3 Å². The van der Waals surface area contributed by atoms with Gasteiger partial charge in [0.1, 0.15) is 5.60 Å². The van der Waals surface area contributed by atoms with E-state index in [1.165, 1.54) is 0 Å². The van der Waals surface area contributed by atoms with E-state index in [4.69, 9.17) is 14.2 Å². The number of carboxylic acid groups (broad SMARTS) is 1. The van der Waals surface area contributed by atoms with Crippen LogP contribution in [0.5, 0.6) is 0 Å². The molecule has 0 aromatic carbocycles. The molecule has 1 atom stereocenters.